The number of likely N-dealkylation sites (tertiary alicyclic amines) is 1. The van der Waals surface area contributed by atoms with Crippen LogP contribution in [0, 0.1) is 5.92 Å². The third-order valence-electron chi connectivity index (χ3n) is 5.99. The van der Waals surface area contributed by atoms with E-state index < -0.39 is 35.0 Å². The first-order valence-corrected chi connectivity index (χ1v) is 10.5. The van der Waals surface area contributed by atoms with Crippen LogP contribution in [0.1, 0.15) is 24.5 Å². The van der Waals surface area contributed by atoms with E-state index in [4.69, 9.17) is 9.47 Å². The number of imide groups is 1. The van der Waals surface area contributed by atoms with Gasteiger partial charge in [-0.2, -0.15) is 0 Å². The molecular weight excluding hydrogens is 426 g/mol. The molecule has 8 heteroatoms. The van der Waals surface area contributed by atoms with Crippen LogP contribution in [0.4, 0.5) is 4.79 Å². The minimum Gasteiger partial charge on any atom is -0.479 e. The molecule has 0 saturated carbocycles. The fourth-order valence-corrected chi connectivity index (χ4v) is 4.15. The predicted molar refractivity (Wildman–Crippen MR) is 119 cm³/mol. The Bertz CT molecular complexity index is 1010. The minimum absolute atomic E-state index is 0.00397. The fourth-order valence-electron chi connectivity index (χ4n) is 4.15. The molecular formula is C25H27NO7. The van der Waals surface area contributed by atoms with Gasteiger partial charge in [-0.15, -0.1) is 6.58 Å². The summed E-state index contributed by atoms with van der Waals surface area (Å²) in [6.45, 7) is 4.93. The number of carboxylic acid groups (broad SMARTS) is 1. The second-order valence-electron chi connectivity index (χ2n) is 8.02. The molecule has 174 valence electrons. The van der Waals surface area contributed by atoms with E-state index >= 15 is 0 Å². The standard InChI is InChI=1S/C25H27NO7/c1-3-25(22(28)29)24(2,31)20(14-15-32-16-18-10-6-4-7-11-18)21(27)26(25)23(30)33-17-19-12-8-5-9-13-19/h3-13,20,31H,1,14-17H2,2H3,(H,28,29)/t20-,24-,25-/m0/s1. The Morgan fingerprint density at radius 1 is 1.06 bits per heavy atom. The van der Waals surface area contributed by atoms with E-state index in [0.29, 0.717) is 10.5 Å². The number of ether oxygens (including phenoxy) is 2. The van der Waals surface area contributed by atoms with Gasteiger partial charge in [-0.1, -0.05) is 66.7 Å². The Morgan fingerprint density at radius 2 is 1.61 bits per heavy atom. The second kappa shape index (κ2) is 9.97. The number of carboxylic acids is 1. The molecule has 1 aliphatic rings. The van der Waals surface area contributed by atoms with Crippen LogP contribution >= 0.6 is 0 Å². The summed E-state index contributed by atoms with van der Waals surface area (Å²) in [5, 5.41) is 21.2. The molecule has 0 aliphatic carbocycles. The van der Waals surface area contributed by atoms with Gasteiger partial charge in [0.25, 0.3) is 0 Å². The highest BCUT2D eigenvalue weighted by atomic mass is 16.6. The van der Waals surface area contributed by atoms with E-state index in [2.05, 4.69) is 6.58 Å². The van der Waals surface area contributed by atoms with Crippen molar-refractivity contribution < 1.29 is 34.1 Å². The molecule has 1 saturated heterocycles. The van der Waals surface area contributed by atoms with Crippen LogP contribution in [0.15, 0.2) is 73.3 Å². The Kier molecular flexibility index (Phi) is 7.30. The normalized spacial score (nSPS) is 24.5. The summed E-state index contributed by atoms with van der Waals surface area (Å²) < 4.78 is 10.8. The topological polar surface area (TPSA) is 113 Å². The van der Waals surface area contributed by atoms with Crippen molar-refractivity contribution in [1.82, 2.24) is 4.90 Å². The van der Waals surface area contributed by atoms with Crippen LogP contribution in [0.2, 0.25) is 0 Å². The lowest BCUT2D eigenvalue weighted by Crippen LogP contribution is -2.63. The number of aliphatic carboxylic acids is 1. The third-order valence-corrected chi connectivity index (χ3v) is 5.99. The van der Waals surface area contributed by atoms with Gasteiger partial charge in [-0.25, -0.2) is 14.5 Å². The van der Waals surface area contributed by atoms with Crippen molar-refractivity contribution in [2.75, 3.05) is 6.61 Å². The number of hydrogen-bond donors (Lipinski definition) is 2. The number of rotatable bonds is 9. The van der Waals surface area contributed by atoms with Crippen LogP contribution in [-0.4, -0.2) is 50.8 Å². The van der Waals surface area contributed by atoms with E-state index in [9.17, 15) is 24.6 Å². The van der Waals surface area contributed by atoms with Gasteiger partial charge in [0.2, 0.25) is 5.91 Å². The van der Waals surface area contributed by atoms with Crippen LogP contribution in [0.5, 0.6) is 0 Å². The van der Waals surface area contributed by atoms with Crippen molar-refractivity contribution in [1.29, 1.82) is 0 Å². The Labute approximate surface area is 192 Å². The maximum Gasteiger partial charge on any atom is 0.418 e. The zero-order valence-electron chi connectivity index (χ0n) is 18.3. The summed E-state index contributed by atoms with van der Waals surface area (Å²) in [7, 11) is 0. The molecule has 3 rings (SSSR count). The van der Waals surface area contributed by atoms with Gasteiger partial charge >= 0.3 is 12.1 Å². The number of hydrogen-bond acceptors (Lipinski definition) is 6. The smallest absolute Gasteiger partial charge is 0.418 e. The van der Waals surface area contributed by atoms with Crippen molar-refractivity contribution >= 4 is 18.0 Å². The quantitative estimate of drug-likeness (QED) is 0.443. The van der Waals surface area contributed by atoms with Crippen molar-refractivity contribution in [2.45, 2.75) is 37.7 Å². The molecule has 2 aromatic rings. The van der Waals surface area contributed by atoms with Crippen LogP contribution < -0.4 is 0 Å². The first kappa shape index (κ1) is 24.2. The first-order valence-electron chi connectivity index (χ1n) is 10.5. The monoisotopic (exact) mass is 453 g/mol. The minimum atomic E-state index is -2.39. The van der Waals surface area contributed by atoms with Gasteiger partial charge < -0.3 is 19.7 Å². The summed E-state index contributed by atoms with van der Waals surface area (Å²) in [4.78, 5) is 38.9. The van der Waals surface area contributed by atoms with Crippen LogP contribution in [-0.2, 0) is 32.3 Å². The maximum absolute atomic E-state index is 13.2. The largest absolute Gasteiger partial charge is 0.479 e. The van der Waals surface area contributed by atoms with Gasteiger partial charge in [0.15, 0.2) is 5.54 Å². The van der Waals surface area contributed by atoms with E-state index in [1.54, 1.807) is 30.3 Å². The summed E-state index contributed by atoms with van der Waals surface area (Å²) in [5.41, 5.74) is -2.93. The molecule has 2 aromatic carbocycles. The van der Waals surface area contributed by atoms with Gasteiger partial charge in [-0.3, -0.25) is 4.79 Å². The fraction of sp³-hybridized carbons (Fsp3) is 0.320. The summed E-state index contributed by atoms with van der Waals surface area (Å²) in [6.07, 6.45) is -0.259. The number of amides is 2. The molecule has 33 heavy (non-hydrogen) atoms. The zero-order valence-corrected chi connectivity index (χ0v) is 18.3. The van der Waals surface area contributed by atoms with Crippen molar-refractivity contribution in [2.24, 2.45) is 5.92 Å². The molecule has 1 aliphatic heterocycles. The van der Waals surface area contributed by atoms with Gasteiger partial charge in [0.1, 0.15) is 12.2 Å². The lowest BCUT2D eigenvalue weighted by Gasteiger charge is -2.38. The molecule has 3 atom stereocenters. The van der Waals surface area contributed by atoms with Crippen molar-refractivity contribution in [3.63, 3.8) is 0 Å². The van der Waals surface area contributed by atoms with Crippen LogP contribution in [0.3, 0.4) is 0 Å². The van der Waals surface area contributed by atoms with Gasteiger partial charge in [0, 0.05) is 6.61 Å². The molecule has 0 unspecified atom stereocenters. The first-order chi connectivity index (χ1) is 15.8. The Balaban J connectivity index is 1.77. The average molecular weight is 453 g/mol. The van der Waals surface area contributed by atoms with E-state index in [1.165, 1.54) is 6.92 Å². The number of carbonyl (C=O) groups excluding carboxylic acids is 2. The summed E-state index contributed by atoms with van der Waals surface area (Å²) >= 11 is 0. The number of carbonyl (C=O) groups is 3. The predicted octanol–water partition coefficient (Wildman–Crippen LogP) is 3.15. The van der Waals surface area contributed by atoms with E-state index in [-0.39, 0.29) is 26.2 Å². The molecule has 0 radical (unpaired) electrons. The summed E-state index contributed by atoms with van der Waals surface area (Å²) in [5.74, 6) is -3.66. The lowest BCUT2D eigenvalue weighted by molar-refractivity contribution is -0.158. The third kappa shape index (κ3) is 4.53. The highest BCUT2D eigenvalue weighted by Gasteiger charge is 2.70. The highest BCUT2D eigenvalue weighted by molar-refractivity contribution is 6.05. The van der Waals surface area contributed by atoms with E-state index in [1.807, 2.05) is 30.3 Å². The highest BCUT2D eigenvalue weighted by Crippen LogP contribution is 2.46. The summed E-state index contributed by atoms with van der Waals surface area (Å²) in [6, 6.07) is 18.1. The number of aliphatic hydroxyl groups is 1. The molecule has 2 N–H and O–H groups in total. The zero-order chi connectivity index (χ0) is 24.1. The van der Waals surface area contributed by atoms with Gasteiger partial charge in [-0.05, 0) is 24.5 Å². The van der Waals surface area contributed by atoms with Crippen molar-refractivity contribution in [3.8, 4) is 0 Å². The number of nitrogens with zero attached hydrogens (tertiary/aromatic N) is 1. The van der Waals surface area contributed by atoms with E-state index in [0.717, 1.165) is 11.6 Å². The maximum atomic E-state index is 13.2. The molecule has 8 nitrogen and oxygen atoms in total. The second-order valence-corrected chi connectivity index (χ2v) is 8.02. The molecule has 1 fully saturated rings. The van der Waals surface area contributed by atoms with Gasteiger partial charge in [0.05, 0.1) is 12.5 Å². The Morgan fingerprint density at radius 3 is 2.12 bits per heavy atom. The van der Waals surface area contributed by atoms with Crippen LogP contribution in [0.25, 0.3) is 0 Å². The Hall–Kier alpha value is -3.49. The SMILES string of the molecule is C=C[C@@]1(C(=O)O)N(C(=O)OCc2ccccc2)C(=O)[C@H](CCOCc2ccccc2)[C@]1(C)O. The molecule has 2 amide bonds. The molecule has 1 heterocycles. The molecule has 0 aromatic heterocycles. The number of benzene rings is 2. The van der Waals surface area contributed by atoms with Crippen molar-refractivity contribution in [3.05, 3.63) is 84.4 Å². The average Bonchev–Trinajstić information content (AvgIpc) is 2.98. The lowest BCUT2D eigenvalue weighted by atomic mass is 9.75. The molecule has 0 spiro atoms. The molecule has 0 bridgehead atoms.